The van der Waals surface area contributed by atoms with Gasteiger partial charge in [0.25, 0.3) is 0 Å². The number of nitrogens with zero attached hydrogens (tertiary/aromatic N) is 2. The van der Waals surface area contributed by atoms with Gasteiger partial charge < -0.3 is 4.90 Å². The fraction of sp³-hybridized carbons (Fsp3) is 0.176. The number of carbonyl (C=O) groups is 1. The Morgan fingerprint density at radius 1 is 1.24 bits per heavy atom. The molecule has 3 nitrogen and oxygen atoms in total. The Hall–Kier alpha value is -2.13. The highest BCUT2D eigenvalue weighted by Gasteiger charge is 2.26. The van der Waals surface area contributed by atoms with E-state index in [4.69, 9.17) is 11.6 Å². The fourth-order valence-electron chi connectivity index (χ4n) is 2.81. The van der Waals surface area contributed by atoms with Crippen molar-refractivity contribution in [3.8, 4) is 0 Å². The predicted molar refractivity (Wildman–Crippen MR) is 83.1 cm³/mol. The zero-order chi connectivity index (χ0) is 14.7. The molecule has 0 spiro atoms. The third-order valence-electron chi connectivity index (χ3n) is 3.74. The van der Waals surface area contributed by atoms with E-state index in [2.05, 4.69) is 28.1 Å². The Balaban J connectivity index is 2.07. The molecule has 0 N–H and O–H groups in total. The molecule has 0 aliphatic carbocycles. The molecule has 2 heterocycles. The molecule has 1 unspecified atom stereocenters. The van der Waals surface area contributed by atoms with Gasteiger partial charge in [-0.3, -0.25) is 4.79 Å². The van der Waals surface area contributed by atoms with Gasteiger partial charge in [-0.05, 0) is 35.3 Å². The van der Waals surface area contributed by atoms with Gasteiger partial charge in [0.15, 0.2) is 0 Å². The van der Waals surface area contributed by atoms with Crippen LogP contribution in [0.15, 0.2) is 54.9 Å². The predicted octanol–water partition coefficient (Wildman–Crippen LogP) is 3.40. The van der Waals surface area contributed by atoms with E-state index in [0.29, 0.717) is 5.15 Å². The number of aromatic nitrogens is 1. The van der Waals surface area contributed by atoms with Crippen molar-refractivity contribution >= 4 is 17.9 Å². The lowest BCUT2D eigenvalue weighted by Gasteiger charge is -2.36. The molecule has 0 fully saturated rings. The number of allylic oxidation sites excluding steroid dienone is 1. The largest absolute Gasteiger partial charge is 0.366 e. The van der Waals surface area contributed by atoms with Crippen molar-refractivity contribution in [1.29, 1.82) is 0 Å². The van der Waals surface area contributed by atoms with Crippen LogP contribution < -0.4 is 0 Å². The van der Waals surface area contributed by atoms with Gasteiger partial charge in [-0.25, -0.2) is 4.98 Å². The van der Waals surface area contributed by atoms with E-state index in [9.17, 15) is 4.79 Å². The van der Waals surface area contributed by atoms with Gasteiger partial charge in [0.1, 0.15) is 11.4 Å². The molecule has 4 heteroatoms. The standard InChI is InChI=1S/C17H15ClN2O/c18-16-7-6-14(12-19-16)17-15-5-2-1-4-13(15)8-10-20(17)9-3-11-21/h1-7,9,11-12,17H,8,10H2. The Morgan fingerprint density at radius 3 is 2.86 bits per heavy atom. The summed E-state index contributed by atoms with van der Waals surface area (Å²) >= 11 is 5.89. The number of fused-ring (bicyclic) bond motifs is 1. The molecule has 21 heavy (non-hydrogen) atoms. The minimum Gasteiger partial charge on any atom is -0.366 e. The molecular weight excluding hydrogens is 284 g/mol. The second-order valence-electron chi connectivity index (χ2n) is 4.98. The third-order valence-corrected chi connectivity index (χ3v) is 3.97. The lowest BCUT2D eigenvalue weighted by atomic mass is 9.89. The number of halogens is 1. The summed E-state index contributed by atoms with van der Waals surface area (Å²) in [6, 6.07) is 12.3. The highest BCUT2D eigenvalue weighted by atomic mass is 35.5. The molecule has 3 rings (SSSR count). The highest BCUT2D eigenvalue weighted by Crippen LogP contribution is 2.35. The molecule has 1 atom stereocenters. The maximum absolute atomic E-state index is 10.6. The van der Waals surface area contributed by atoms with Crippen LogP contribution in [-0.2, 0) is 11.2 Å². The van der Waals surface area contributed by atoms with Crippen molar-refractivity contribution in [2.24, 2.45) is 0 Å². The van der Waals surface area contributed by atoms with Crippen LogP contribution >= 0.6 is 11.6 Å². The van der Waals surface area contributed by atoms with Crippen LogP contribution in [-0.4, -0.2) is 22.7 Å². The summed E-state index contributed by atoms with van der Waals surface area (Å²) in [5.41, 5.74) is 3.67. The maximum Gasteiger partial charge on any atom is 0.144 e. The number of carbonyl (C=O) groups excluding carboxylic acids is 1. The van der Waals surface area contributed by atoms with Crippen LogP contribution in [0.4, 0.5) is 0 Å². The molecule has 2 aromatic rings. The van der Waals surface area contributed by atoms with Crippen LogP contribution in [0.5, 0.6) is 0 Å². The molecule has 0 amide bonds. The van der Waals surface area contributed by atoms with Gasteiger partial charge in [-0.2, -0.15) is 0 Å². The second kappa shape index (κ2) is 6.10. The third kappa shape index (κ3) is 2.83. The smallest absolute Gasteiger partial charge is 0.144 e. The van der Waals surface area contributed by atoms with Crippen molar-refractivity contribution in [2.75, 3.05) is 6.54 Å². The van der Waals surface area contributed by atoms with Gasteiger partial charge in [-0.15, -0.1) is 0 Å². The van der Waals surface area contributed by atoms with Crippen LogP contribution in [0.2, 0.25) is 5.15 Å². The summed E-state index contributed by atoms with van der Waals surface area (Å²) in [6.45, 7) is 0.870. The van der Waals surface area contributed by atoms with Gasteiger partial charge >= 0.3 is 0 Å². The summed E-state index contributed by atoms with van der Waals surface area (Å²) < 4.78 is 0. The fourth-order valence-corrected chi connectivity index (χ4v) is 2.92. The Morgan fingerprint density at radius 2 is 2.10 bits per heavy atom. The summed E-state index contributed by atoms with van der Waals surface area (Å²) in [6.07, 6.45) is 6.96. The number of hydrogen-bond acceptors (Lipinski definition) is 3. The number of hydrogen-bond donors (Lipinski definition) is 0. The monoisotopic (exact) mass is 298 g/mol. The zero-order valence-electron chi connectivity index (χ0n) is 11.4. The summed E-state index contributed by atoms with van der Waals surface area (Å²) in [5, 5.41) is 0.484. The lowest BCUT2D eigenvalue weighted by Crippen LogP contribution is -2.32. The summed E-state index contributed by atoms with van der Waals surface area (Å²) in [7, 11) is 0. The number of pyridine rings is 1. The van der Waals surface area contributed by atoms with Crippen molar-refractivity contribution in [3.63, 3.8) is 0 Å². The van der Waals surface area contributed by atoms with Crippen molar-refractivity contribution in [2.45, 2.75) is 12.5 Å². The lowest BCUT2D eigenvalue weighted by molar-refractivity contribution is -0.104. The van der Waals surface area contributed by atoms with E-state index in [-0.39, 0.29) is 6.04 Å². The van der Waals surface area contributed by atoms with E-state index in [1.165, 1.54) is 17.2 Å². The van der Waals surface area contributed by atoms with Crippen LogP contribution in [0, 0.1) is 0 Å². The average Bonchev–Trinajstić information content (AvgIpc) is 2.53. The van der Waals surface area contributed by atoms with E-state index in [1.807, 2.05) is 18.3 Å². The summed E-state index contributed by atoms with van der Waals surface area (Å²) in [4.78, 5) is 17.0. The van der Waals surface area contributed by atoms with Gasteiger partial charge in [0.05, 0.1) is 6.04 Å². The zero-order valence-corrected chi connectivity index (χ0v) is 12.2. The first-order valence-electron chi connectivity index (χ1n) is 6.86. The van der Waals surface area contributed by atoms with Crippen molar-refractivity contribution < 1.29 is 4.79 Å². The van der Waals surface area contributed by atoms with Crippen LogP contribution in [0.25, 0.3) is 0 Å². The molecule has 106 valence electrons. The average molecular weight is 299 g/mol. The number of benzene rings is 1. The van der Waals surface area contributed by atoms with Crippen LogP contribution in [0.3, 0.4) is 0 Å². The molecule has 1 aliphatic rings. The Bertz CT molecular complexity index is 667. The Labute approximate surface area is 128 Å². The molecule has 0 bridgehead atoms. The molecule has 0 saturated carbocycles. The maximum atomic E-state index is 10.6. The first kappa shape index (κ1) is 13.8. The second-order valence-corrected chi connectivity index (χ2v) is 5.37. The van der Waals surface area contributed by atoms with Gasteiger partial charge in [0, 0.05) is 18.9 Å². The normalized spacial score (nSPS) is 17.8. The molecular formula is C17H15ClN2O. The first-order valence-corrected chi connectivity index (χ1v) is 7.24. The highest BCUT2D eigenvalue weighted by molar-refractivity contribution is 6.29. The number of rotatable bonds is 3. The van der Waals surface area contributed by atoms with Crippen molar-refractivity contribution in [1.82, 2.24) is 9.88 Å². The van der Waals surface area contributed by atoms with Gasteiger partial charge in [0.2, 0.25) is 0 Å². The van der Waals surface area contributed by atoms with Crippen LogP contribution in [0.1, 0.15) is 22.7 Å². The summed E-state index contributed by atoms with van der Waals surface area (Å²) in [5.74, 6) is 0. The molecule has 1 aliphatic heterocycles. The SMILES string of the molecule is O=CC=CN1CCc2ccccc2C1c1ccc(Cl)nc1. The first-order chi connectivity index (χ1) is 10.3. The molecule has 1 aromatic heterocycles. The molecule has 1 aromatic carbocycles. The topological polar surface area (TPSA) is 33.2 Å². The number of aldehydes is 1. The van der Waals surface area contributed by atoms with E-state index < -0.39 is 0 Å². The van der Waals surface area contributed by atoms with E-state index >= 15 is 0 Å². The van der Waals surface area contributed by atoms with Gasteiger partial charge in [-0.1, -0.05) is 41.9 Å². The molecule has 0 saturated heterocycles. The minimum absolute atomic E-state index is 0.0657. The molecule has 0 radical (unpaired) electrons. The van der Waals surface area contributed by atoms with Crippen molar-refractivity contribution in [3.05, 3.63) is 76.7 Å². The van der Waals surface area contributed by atoms with E-state index in [0.717, 1.165) is 24.8 Å². The van der Waals surface area contributed by atoms with E-state index in [1.54, 1.807) is 12.3 Å². The Kier molecular flexibility index (Phi) is 4.02. The minimum atomic E-state index is 0.0657. The quantitative estimate of drug-likeness (QED) is 0.495.